The van der Waals surface area contributed by atoms with Crippen LogP contribution in [-0.2, 0) is 12.8 Å². The van der Waals surface area contributed by atoms with Crippen molar-refractivity contribution in [2.45, 2.75) is 56.7 Å². The number of carbonyl (C=O) groups is 1. The number of carbonyl (C=O) groups excluding carboxylic acids is 1. The van der Waals surface area contributed by atoms with E-state index in [4.69, 9.17) is 15.5 Å². The zero-order valence-electron chi connectivity index (χ0n) is 29.6. The van der Waals surface area contributed by atoms with Gasteiger partial charge in [-0.25, -0.2) is 9.37 Å². The lowest BCUT2D eigenvalue weighted by Crippen LogP contribution is -2.39. The Kier molecular flexibility index (Phi) is 8.28. The van der Waals surface area contributed by atoms with Crippen LogP contribution in [0.3, 0.4) is 0 Å². The first-order chi connectivity index (χ1) is 25.8. The average molecular weight is 709 g/mol. The van der Waals surface area contributed by atoms with Gasteiger partial charge in [-0.1, -0.05) is 54.6 Å². The molecule has 9 nitrogen and oxygen atoms in total. The quantitative estimate of drug-likeness (QED) is 0.140. The molecule has 3 unspecified atom stereocenters. The molecule has 53 heavy (non-hydrogen) atoms. The molecule has 2 aromatic heterocycles. The van der Waals surface area contributed by atoms with Crippen molar-refractivity contribution >= 4 is 38.5 Å². The van der Waals surface area contributed by atoms with E-state index in [9.17, 15) is 15.2 Å². The summed E-state index contributed by atoms with van der Waals surface area (Å²) in [4.78, 5) is 21.0. The summed E-state index contributed by atoms with van der Waals surface area (Å²) in [5, 5.41) is 26.8. The second-order valence-electron chi connectivity index (χ2n) is 14.9. The van der Waals surface area contributed by atoms with Gasteiger partial charge in [0.25, 0.3) is 5.91 Å². The van der Waals surface area contributed by atoms with Gasteiger partial charge in [-0.15, -0.1) is 0 Å². The third-order valence-electron chi connectivity index (χ3n) is 11.9. The van der Waals surface area contributed by atoms with E-state index in [0.29, 0.717) is 51.9 Å². The largest absolute Gasteiger partial charge is 0.508 e. The maximum absolute atomic E-state index is 17.8. The number of nitriles is 1. The maximum atomic E-state index is 17.8. The monoisotopic (exact) mass is 708 g/mol. The number of aryl methyl sites for hydroxylation is 1. The van der Waals surface area contributed by atoms with E-state index in [2.05, 4.69) is 27.9 Å². The molecule has 1 saturated carbocycles. The number of phenolic OH excluding ortho intramolecular Hbond substituents is 1. The number of fused-ring (bicyclic) bond motifs is 5. The lowest BCUT2D eigenvalue weighted by atomic mass is 9.79. The molecular formula is C43H41FN6O3. The number of nitrogens with zero attached hydrogens (tertiary/aromatic N) is 4. The maximum Gasteiger partial charge on any atom is 0.251 e. The number of aromatic nitrogens is 2. The molecule has 4 aromatic carbocycles. The number of ether oxygens (including phenoxy) is 1. The molecule has 268 valence electrons. The number of likely N-dealkylation sites (N-methyl/N-ethyl adjacent to an activating group) is 1. The van der Waals surface area contributed by atoms with Gasteiger partial charge in [0.05, 0.1) is 28.6 Å². The zero-order chi connectivity index (χ0) is 36.4. The number of hydrogen-bond acceptors (Lipinski definition) is 7. The SMILES string of the molecule is CN1CCC[C@H]1COc1nc2c(F)c(-c3cc(O)cc4ccccc34)c(CCC#N)cc2c2c1c(C(N)=O)c(Cc1ccccc1)n2C1C2CNC1C2. The van der Waals surface area contributed by atoms with Crippen LogP contribution in [-0.4, -0.2) is 64.3 Å². The predicted octanol–water partition coefficient (Wildman–Crippen LogP) is 7.01. The number of rotatable bonds is 10. The third kappa shape index (κ3) is 5.49. The van der Waals surface area contributed by atoms with Crippen molar-refractivity contribution < 1.29 is 19.0 Å². The van der Waals surface area contributed by atoms with Gasteiger partial charge in [-0.2, -0.15) is 5.26 Å². The van der Waals surface area contributed by atoms with Crippen molar-refractivity contribution in [2.75, 3.05) is 26.7 Å². The van der Waals surface area contributed by atoms with Gasteiger partial charge in [0.1, 0.15) is 17.9 Å². The van der Waals surface area contributed by atoms with Crippen molar-refractivity contribution in [3.63, 3.8) is 0 Å². The van der Waals surface area contributed by atoms with Gasteiger partial charge >= 0.3 is 0 Å². The summed E-state index contributed by atoms with van der Waals surface area (Å²) >= 11 is 0. The Labute approximate surface area is 306 Å². The van der Waals surface area contributed by atoms with Gasteiger partial charge in [0, 0.05) is 48.1 Å². The average Bonchev–Trinajstić information content (AvgIpc) is 3.95. The molecule has 4 fully saturated rings. The number of nitrogens with one attached hydrogen (secondary N) is 1. The number of halogens is 1. The fourth-order valence-corrected chi connectivity index (χ4v) is 9.30. The number of nitrogens with two attached hydrogens (primary N) is 1. The molecule has 4 aliphatic rings. The Morgan fingerprint density at radius 1 is 1.13 bits per heavy atom. The molecule has 10 rings (SSSR count). The summed E-state index contributed by atoms with van der Waals surface area (Å²) in [7, 11) is 2.07. The van der Waals surface area contributed by atoms with Crippen LogP contribution in [0.2, 0.25) is 0 Å². The Morgan fingerprint density at radius 3 is 2.66 bits per heavy atom. The van der Waals surface area contributed by atoms with Gasteiger partial charge in [-0.05, 0) is 90.9 Å². The highest BCUT2D eigenvalue weighted by Crippen LogP contribution is 2.51. The fourth-order valence-electron chi connectivity index (χ4n) is 9.30. The summed E-state index contributed by atoms with van der Waals surface area (Å²) in [5.74, 6) is -0.632. The molecule has 1 aliphatic carbocycles. The minimum atomic E-state index is -0.587. The molecule has 2 bridgehead atoms. The fraction of sp³-hybridized carbons (Fsp3) is 0.326. The number of primary amides is 1. The first kappa shape index (κ1) is 33.3. The third-order valence-corrected chi connectivity index (χ3v) is 11.9. The van der Waals surface area contributed by atoms with Gasteiger partial charge < -0.3 is 30.4 Å². The van der Waals surface area contributed by atoms with Crippen molar-refractivity contribution in [1.29, 1.82) is 5.26 Å². The molecule has 6 aromatic rings. The zero-order valence-corrected chi connectivity index (χ0v) is 29.6. The highest BCUT2D eigenvalue weighted by molar-refractivity contribution is 6.17. The minimum Gasteiger partial charge on any atom is -0.508 e. The number of hydrogen-bond donors (Lipinski definition) is 3. The van der Waals surface area contributed by atoms with E-state index in [0.717, 1.165) is 54.4 Å². The van der Waals surface area contributed by atoms with E-state index in [-0.39, 0.29) is 53.7 Å². The Balaban J connectivity index is 1.39. The van der Waals surface area contributed by atoms with Crippen molar-refractivity contribution in [1.82, 2.24) is 19.8 Å². The Morgan fingerprint density at radius 2 is 1.94 bits per heavy atom. The van der Waals surface area contributed by atoms with Crippen LogP contribution in [0.15, 0.2) is 72.8 Å². The minimum absolute atomic E-state index is 0.0102. The van der Waals surface area contributed by atoms with Crippen molar-refractivity contribution in [2.24, 2.45) is 11.7 Å². The number of amides is 1. The molecule has 0 radical (unpaired) electrons. The van der Waals surface area contributed by atoms with Crippen LogP contribution in [0.25, 0.3) is 43.7 Å². The van der Waals surface area contributed by atoms with Crippen LogP contribution in [0.4, 0.5) is 4.39 Å². The smallest absolute Gasteiger partial charge is 0.251 e. The molecule has 3 aliphatic heterocycles. The second kappa shape index (κ2) is 13.2. The number of benzene rings is 4. The van der Waals surface area contributed by atoms with E-state index in [1.807, 2.05) is 60.7 Å². The summed E-state index contributed by atoms with van der Waals surface area (Å²) in [5.41, 5.74) is 10.7. The molecular weight excluding hydrogens is 668 g/mol. The number of pyridine rings is 1. The number of phenols is 1. The number of aromatic hydroxyl groups is 1. The van der Waals surface area contributed by atoms with E-state index < -0.39 is 11.7 Å². The predicted molar refractivity (Wildman–Crippen MR) is 204 cm³/mol. The van der Waals surface area contributed by atoms with E-state index in [1.54, 1.807) is 12.1 Å². The van der Waals surface area contributed by atoms with Crippen molar-refractivity contribution in [3.05, 3.63) is 101 Å². The van der Waals surface area contributed by atoms with Crippen molar-refractivity contribution in [3.8, 4) is 28.8 Å². The highest BCUT2D eigenvalue weighted by atomic mass is 19.1. The van der Waals surface area contributed by atoms with Crippen LogP contribution < -0.4 is 15.8 Å². The molecule has 10 heteroatoms. The second-order valence-corrected chi connectivity index (χ2v) is 14.9. The van der Waals surface area contributed by atoms with Gasteiger partial charge in [-0.3, -0.25) is 4.79 Å². The normalized spacial score (nSPS) is 21.0. The molecule has 4 N–H and O–H groups in total. The lowest BCUT2D eigenvalue weighted by molar-refractivity contribution is 0.0999. The Hall–Kier alpha value is -5.50. The van der Waals surface area contributed by atoms with Gasteiger partial charge in [0.15, 0.2) is 5.82 Å². The molecule has 1 amide bonds. The summed E-state index contributed by atoms with van der Waals surface area (Å²) < 4.78 is 26.7. The van der Waals surface area contributed by atoms with Gasteiger partial charge in [0.2, 0.25) is 5.88 Å². The van der Waals surface area contributed by atoms with Crippen LogP contribution >= 0.6 is 0 Å². The molecule has 3 saturated heterocycles. The highest BCUT2D eigenvalue weighted by Gasteiger charge is 2.50. The van der Waals surface area contributed by atoms with E-state index in [1.165, 1.54) is 0 Å². The van der Waals surface area contributed by atoms with Crippen LogP contribution in [0.1, 0.15) is 58.9 Å². The van der Waals surface area contributed by atoms with Crippen LogP contribution in [0.5, 0.6) is 11.6 Å². The summed E-state index contributed by atoms with van der Waals surface area (Å²) in [6.45, 7) is 2.13. The molecule has 4 atom stereocenters. The molecule has 0 spiro atoms. The Bertz CT molecular complexity index is 2460. The standard InChI is InChI=1S/C43H41FN6O3/c1-49-16-8-13-28(49)23-53-43-37-36(42(46)52)34(17-24-9-3-2-4-10-24)50(40-27-20-33(40)47-22-27)41(37)32-19-26(12-7-15-45)35(38(44)39(32)48-43)31-21-29(51)18-25-11-5-6-14-30(25)31/h2-6,9-11,14,18-19,21,27-28,33,40,47,51H,7-8,12-13,16-17,20,22-23H2,1H3,(H2,46,52)/t27?,28-,33?,40?/m0/s1. The van der Waals surface area contributed by atoms with E-state index >= 15 is 4.39 Å². The first-order valence-electron chi connectivity index (χ1n) is 18.5. The summed E-state index contributed by atoms with van der Waals surface area (Å²) in [6, 6.07) is 25.3. The first-order valence-corrected chi connectivity index (χ1v) is 18.5. The number of likely N-dealkylation sites (tertiary alicyclic amines) is 1. The lowest BCUT2D eigenvalue weighted by Gasteiger charge is -2.38. The topological polar surface area (TPSA) is 129 Å². The summed E-state index contributed by atoms with van der Waals surface area (Å²) in [6.07, 6.45) is 3.88. The van der Waals surface area contributed by atoms with Crippen LogP contribution in [0, 0.1) is 23.1 Å². The molecule has 5 heterocycles.